The van der Waals surface area contributed by atoms with Crippen LogP contribution in [0.3, 0.4) is 0 Å². The number of hydrogen-bond donors (Lipinski definition) is 1. The Labute approximate surface area is 242 Å². The van der Waals surface area contributed by atoms with Crippen LogP contribution < -0.4 is 19.1 Å². The maximum absolute atomic E-state index is 14.1. The largest absolute Gasteiger partial charge is 0.454 e. The monoisotopic (exact) mass is 579 g/mol. The van der Waals surface area contributed by atoms with E-state index in [0.717, 1.165) is 27.3 Å². The summed E-state index contributed by atoms with van der Waals surface area (Å²) in [5.74, 6) is 0.310. The maximum atomic E-state index is 14.1. The van der Waals surface area contributed by atoms with Crippen molar-refractivity contribution in [3.05, 3.63) is 89.5 Å². The average Bonchev–Trinajstić information content (AvgIpc) is 3.41. The summed E-state index contributed by atoms with van der Waals surface area (Å²) in [4.78, 5) is 29.3. The third-order valence-corrected chi connectivity index (χ3v) is 7.89. The van der Waals surface area contributed by atoms with E-state index < -0.39 is 28.5 Å². The molecule has 1 heterocycles. The fourth-order valence-electron chi connectivity index (χ4n) is 4.52. The minimum Gasteiger partial charge on any atom is -0.454 e. The van der Waals surface area contributed by atoms with E-state index in [1.807, 2.05) is 75.4 Å². The summed E-state index contributed by atoms with van der Waals surface area (Å²) in [5.41, 5.74) is 3.04. The van der Waals surface area contributed by atoms with Gasteiger partial charge in [-0.05, 0) is 36.1 Å². The highest BCUT2D eigenvalue weighted by Gasteiger charge is 2.33. The van der Waals surface area contributed by atoms with Crippen molar-refractivity contribution in [3.63, 3.8) is 0 Å². The van der Waals surface area contributed by atoms with Crippen LogP contribution in [0.5, 0.6) is 11.5 Å². The summed E-state index contributed by atoms with van der Waals surface area (Å²) < 4.78 is 37.7. The van der Waals surface area contributed by atoms with Crippen molar-refractivity contribution in [2.24, 2.45) is 5.92 Å². The van der Waals surface area contributed by atoms with Crippen molar-refractivity contribution in [1.29, 1.82) is 0 Å². The number of hydrogen-bond acceptors (Lipinski definition) is 6. The molecule has 0 spiro atoms. The van der Waals surface area contributed by atoms with Gasteiger partial charge in [0.2, 0.25) is 28.6 Å². The lowest BCUT2D eigenvalue weighted by molar-refractivity contribution is -0.140. The van der Waals surface area contributed by atoms with Crippen LogP contribution in [-0.4, -0.2) is 57.3 Å². The molecule has 1 aliphatic rings. The molecule has 2 amide bonds. The Morgan fingerprint density at radius 2 is 1.61 bits per heavy atom. The normalized spacial score (nSPS) is 13.1. The van der Waals surface area contributed by atoms with Gasteiger partial charge < -0.3 is 19.7 Å². The van der Waals surface area contributed by atoms with Crippen molar-refractivity contribution in [2.45, 2.75) is 39.8 Å². The smallest absolute Gasteiger partial charge is 0.244 e. The van der Waals surface area contributed by atoms with Crippen molar-refractivity contribution in [2.75, 3.05) is 30.4 Å². The molecule has 0 saturated carbocycles. The van der Waals surface area contributed by atoms with Gasteiger partial charge in [0.1, 0.15) is 12.6 Å². The van der Waals surface area contributed by atoms with Gasteiger partial charge in [0, 0.05) is 25.6 Å². The van der Waals surface area contributed by atoms with E-state index in [-0.39, 0.29) is 37.3 Å². The number of sulfonamides is 1. The quantitative estimate of drug-likeness (QED) is 0.349. The van der Waals surface area contributed by atoms with Gasteiger partial charge in [0.15, 0.2) is 11.5 Å². The predicted molar refractivity (Wildman–Crippen MR) is 158 cm³/mol. The third-order valence-electron chi connectivity index (χ3n) is 6.75. The number of amides is 2. The van der Waals surface area contributed by atoms with Gasteiger partial charge in [-0.15, -0.1) is 0 Å². The van der Waals surface area contributed by atoms with E-state index in [1.54, 1.807) is 12.1 Å². The Morgan fingerprint density at radius 1 is 0.927 bits per heavy atom. The van der Waals surface area contributed by atoms with Crippen LogP contribution in [0.2, 0.25) is 0 Å². The summed E-state index contributed by atoms with van der Waals surface area (Å²) in [6, 6.07) is 21.0. The number of nitrogens with one attached hydrogen (secondary N) is 1. The molecule has 0 unspecified atom stereocenters. The topological polar surface area (TPSA) is 105 Å². The van der Waals surface area contributed by atoms with Crippen molar-refractivity contribution in [1.82, 2.24) is 10.2 Å². The highest BCUT2D eigenvalue weighted by molar-refractivity contribution is 7.92. The number of aryl methyl sites for hydroxylation is 1. The molecule has 0 radical (unpaired) electrons. The van der Waals surface area contributed by atoms with Crippen LogP contribution in [0.1, 0.15) is 30.5 Å². The lowest BCUT2D eigenvalue weighted by Crippen LogP contribution is -2.53. The number of rotatable bonds is 12. The van der Waals surface area contributed by atoms with Gasteiger partial charge in [0.05, 0.1) is 11.9 Å². The second-order valence-corrected chi connectivity index (χ2v) is 12.6. The second kappa shape index (κ2) is 13.1. The fraction of sp³-hybridized carbons (Fsp3) is 0.355. The summed E-state index contributed by atoms with van der Waals surface area (Å²) in [5, 5.41) is 2.98. The van der Waals surface area contributed by atoms with Gasteiger partial charge >= 0.3 is 0 Å². The first-order valence-electron chi connectivity index (χ1n) is 13.6. The number of carbonyl (C=O) groups excluding carboxylic acids is 2. The molecular formula is C31H37N3O6S. The van der Waals surface area contributed by atoms with Crippen LogP contribution in [0.25, 0.3) is 0 Å². The number of anilines is 1. The van der Waals surface area contributed by atoms with Crippen LogP contribution >= 0.6 is 0 Å². The lowest BCUT2D eigenvalue weighted by Gasteiger charge is -2.33. The summed E-state index contributed by atoms with van der Waals surface area (Å²) in [6.07, 6.45) is 1.32. The summed E-state index contributed by atoms with van der Waals surface area (Å²) >= 11 is 0. The Morgan fingerprint density at radius 3 is 2.27 bits per heavy atom. The standard InChI is InChI=1S/C31H37N3O6S/c1-22(2)18-32-31(36)27(16-24-8-6-5-7-9-24)33(19-25-12-10-23(3)11-13-25)30(35)20-34(41(4,37)38)26-14-15-28-29(17-26)40-21-39-28/h5-15,17,22,27H,16,18-21H2,1-4H3,(H,32,36)/t27-/m0/s1. The molecule has 1 N–H and O–H groups in total. The molecule has 10 heteroatoms. The molecule has 9 nitrogen and oxygen atoms in total. The zero-order valence-electron chi connectivity index (χ0n) is 23.9. The molecule has 4 rings (SSSR count). The Balaban J connectivity index is 1.71. The molecular weight excluding hydrogens is 542 g/mol. The minimum atomic E-state index is -3.88. The van der Waals surface area contributed by atoms with Crippen LogP contribution in [0, 0.1) is 12.8 Å². The molecule has 0 aromatic heterocycles. The SMILES string of the molecule is Cc1ccc(CN(C(=O)CN(c2ccc3c(c2)OCO3)S(C)(=O)=O)[C@@H](Cc2ccccc2)C(=O)NCC(C)C)cc1. The first kappa shape index (κ1) is 29.9. The molecule has 218 valence electrons. The number of fused-ring (bicyclic) bond motifs is 1. The highest BCUT2D eigenvalue weighted by Crippen LogP contribution is 2.36. The maximum Gasteiger partial charge on any atom is 0.244 e. The van der Waals surface area contributed by atoms with Gasteiger partial charge in [-0.1, -0.05) is 74.0 Å². The molecule has 1 atom stereocenters. The third kappa shape index (κ3) is 8.00. The van der Waals surface area contributed by atoms with Gasteiger partial charge in [-0.25, -0.2) is 8.42 Å². The molecule has 1 aliphatic heterocycles. The van der Waals surface area contributed by atoms with E-state index in [1.165, 1.54) is 11.0 Å². The minimum absolute atomic E-state index is 0.0353. The van der Waals surface area contributed by atoms with E-state index in [0.29, 0.717) is 18.0 Å². The van der Waals surface area contributed by atoms with E-state index >= 15 is 0 Å². The molecule has 41 heavy (non-hydrogen) atoms. The van der Waals surface area contributed by atoms with E-state index in [9.17, 15) is 18.0 Å². The number of carbonyl (C=O) groups is 2. The highest BCUT2D eigenvalue weighted by atomic mass is 32.2. The van der Waals surface area contributed by atoms with Crippen LogP contribution in [-0.2, 0) is 32.6 Å². The summed E-state index contributed by atoms with van der Waals surface area (Å²) in [7, 11) is -3.88. The Hall–Kier alpha value is -4.05. The molecule has 3 aromatic carbocycles. The predicted octanol–water partition coefficient (Wildman–Crippen LogP) is 3.90. The first-order chi connectivity index (χ1) is 19.5. The number of ether oxygens (including phenoxy) is 2. The van der Waals surface area contributed by atoms with Crippen molar-refractivity contribution in [3.8, 4) is 11.5 Å². The van der Waals surface area contributed by atoms with Crippen LogP contribution in [0.4, 0.5) is 5.69 Å². The Kier molecular flexibility index (Phi) is 9.54. The van der Waals surface area contributed by atoms with Crippen LogP contribution in [0.15, 0.2) is 72.8 Å². The molecule has 0 saturated heterocycles. The van der Waals surface area contributed by atoms with Gasteiger partial charge in [0.25, 0.3) is 0 Å². The number of benzene rings is 3. The lowest BCUT2D eigenvalue weighted by atomic mass is 10.0. The average molecular weight is 580 g/mol. The first-order valence-corrected chi connectivity index (χ1v) is 15.4. The second-order valence-electron chi connectivity index (χ2n) is 10.7. The van der Waals surface area contributed by atoms with Gasteiger partial charge in [-0.2, -0.15) is 0 Å². The number of nitrogens with zero attached hydrogens (tertiary/aromatic N) is 2. The zero-order valence-corrected chi connectivity index (χ0v) is 24.7. The fourth-order valence-corrected chi connectivity index (χ4v) is 5.36. The zero-order chi connectivity index (χ0) is 29.6. The van der Waals surface area contributed by atoms with Gasteiger partial charge in [-0.3, -0.25) is 13.9 Å². The molecule has 3 aromatic rings. The Bertz CT molecular complexity index is 1460. The molecule has 0 fully saturated rings. The van der Waals surface area contributed by atoms with E-state index in [4.69, 9.17) is 9.47 Å². The summed E-state index contributed by atoms with van der Waals surface area (Å²) in [6.45, 7) is 6.09. The van der Waals surface area contributed by atoms with Crippen molar-refractivity contribution >= 4 is 27.5 Å². The van der Waals surface area contributed by atoms with Crippen molar-refractivity contribution < 1.29 is 27.5 Å². The molecule has 0 aliphatic carbocycles. The van der Waals surface area contributed by atoms with E-state index in [2.05, 4.69) is 5.32 Å². The molecule has 0 bridgehead atoms.